The smallest absolute Gasteiger partial charge is 0.466 e. The van der Waals surface area contributed by atoms with Crippen LogP contribution in [0.3, 0.4) is 0 Å². The molecule has 0 aromatic heterocycles. The first-order chi connectivity index (χ1) is 10.1. The van der Waals surface area contributed by atoms with Gasteiger partial charge < -0.3 is 18.0 Å². The fourth-order valence-corrected chi connectivity index (χ4v) is 4.77. The number of carbonyl (C=O) groups is 1. The van der Waals surface area contributed by atoms with Crippen molar-refractivity contribution in [3.05, 3.63) is 0 Å². The van der Waals surface area contributed by atoms with Crippen molar-refractivity contribution in [3.63, 3.8) is 0 Å². The lowest BCUT2D eigenvalue weighted by Gasteiger charge is -2.28. The molecule has 6 heteroatoms. The summed E-state index contributed by atoms with van der Waals surface area (Å²) in [4.78, 5) is 11.0. The van der Waals surface area contributed by atoms with E-state index in [1.165, 1.54) is 0 Å². The van der Waals surface area contributed by atoms with E-state index in [9.17, 15) is 4.79 Å². The first-order valence-corrected chi connectivity index (χ1v) is 10.1. The van der Waals surface area contributed by atoms with Gasteiger partial charge in [0.25, 0.3) is 0 Å². The van der Waals surface area contributed by atoms with E-state index < -0.39 is 8.80 Å². The normalized spacial score (nSPS) is 11.6. The van der Waals surface area contributed by atoms with Gasteiger partial charge in [-0.25, -0.2) is 0 Å². The first-order valence-electron chi connectivity index (χ1n) is 8.21. The highest BCUT2D eigenvalue weighted by Gasteiger charge is 2.39. The van der Waals surface area contributed by atoms with E-state index in [-0.39, 0.29) is 5.97 Å². The Balaban J connectivity index is 3.88. The van der Waals surface area contributed by atoms with Gasteiger partial charge in [-0.1, -0.05) is 19.8 Å². The summed E-state index contributed by atoms with van der Waals surface area (Å²) >= 11 is 0. The molecule has 0 radical (unpaired) electrons. The predicted molar refractivity (Wildman–Crippen MR) is 85.2 cm³/mol. The van der Waals surface area contributed by atoms with Gasteiger partial charge in [0.1, 0.15) is 0 Å². The second kappa shape index (κ2) is 13.2. The summed E-state index contributed by atoms with van der Waals surface area (Å²) in [5.41, 5.74) is 0. The zero-order chi connectivity index (χ0) is 16.0. The van der Waals surface area contributed by atoms with Gasteiger partial charge in [-0.2, -0.15) is 0 Å². The van der Waals surface area contributed by atoms with E-state index in [0.717, 1.165) is 31.7 Å². The van der Waals surface area contributed by atoms with E-state index in [1.54, 1.807) is 0 Å². The van der Waals surface area contributed by atoms with Crippen LogP contribution in [0.1, 0.15) is 59.8 Å². The zero-order valence-corrected chi connectivity index (χ0v) is 15.1. The third-order valence-corrected chi connectivity index (χ3v) is 6.17. The van der Waals surface area contributed by atoms with Gasteiger partial charge in [-0.15, -0.1) is 0 Å². The predicted octanol–water partition coefficient (Wildman–Crippen LogP) is 3.55. The van der Waals surface area contributed by atoms with Crippen LogP contribution in [0.2, 0.25) is 6.04 Å². The molecule has 0 N–H and O–H groups in total. The topological polar surface area (TPSA) is 54.0 Å². The van der Waals surface area contributed by atoms with E-state index in [4.69, 9.17) is 18.0 Å². The van der Waals surface area contributed by atoms with Gasteiger partial charge in [0, 0.05) is 32.3 Å². The molecule has 0 aliphatic heterocycles. The van der Waals surface area contributed by atoms with Crippen LogP contribution < -0.4 is 0 Å². The Hall–Kier alpha value is -0.433. The lowest BCUT2D eigenvalue weighted by atomic mass is 10.2. The maximum atomic E-state index is 11.0. The minimum atomic E-state index is -2.47. The van der Waals surface area contributed by atoms with Crippen molar-refractivity contribution >= 4 is 14.8 Å². The average Bonchev–Trinajstić information content (AvgIpc) is 2.46. The molecule has 0 unspecified atom stereocenters. The molecule has 0 amide bonds. The Labute approximate surface area is 130 Å². The van der Waals surface area contributed by atoms with Crippen LogP contribution >= 0.6 is 0 Å². The third kappa shape index (κ3) is 10.0. The minimum absolute atomic E-state index is 0.120. The molecule has 0 spiro atoms. The highest BCUT2D eigenvalue weighted by atomic mass is 28.4. The SMILES string of the molecule is CCO[Si](CCCCCCOC(=O)CC)(OCC)OCC. The van der Waals surface area contributed by atoms with Crippen LogP contribution in [0, 0.1) is 0 Å². The third-order valence-electron chi connectivity index (χ3n) is 3.02. The summed E-state index contributed by atoms with van der Waals surface area (Å²) in [7, 11) is -2.47. The largest absolute Gasteiger partial charge is 0.500 e. The second-order valence-electron chi connectivity index (χ2n) is 4.72. The molecule has 0 aromatic rings. The Morgan fingerprint density at radius 3 is 1.81 bits per heavy atom. The maximum Gasteiger partial charge on any atom is 0.500 e. The van der Waals surface area contributed by atoms with Crippen LogP contribution in [-0.4, -0.2) is 41.2 Å². The number of ether oxygens (including phenoxy) is 1. The van der Waals surface area contributed by atoms with E-state index >= 15 is 0 Å². The van der Waals surface area contributed by atoms with Crippen molar-refractivity contribution in [1.82, 2.24) is 0 Å². The molecule has 0 rings (SSSR count). The van der Waals surface area contributed by atoms with Gasteiger partial charge >= 0.3 is 14.8 Å². The van der Waals surface area contributed by atoms with Gasteiger partial charge in [-0.05, 0) is 33.6 Å². The summed E-state index contributed by atoms with van der Waals surface area (Å²) in [5.74, 6) is -0.120. The van der Waals surface area contributed by atoms with E-state index in [1.807, 2.05) is 27.7 Å². The van der Waals surface area contributed by atoms with Crippen LogP contribution in [0.5, 0.6) is 0 Å². The molecule has 5 nitrogen and oxygen atoms in total. The van der Waals surface area contributed by atoms with Gasteiger partial charge in [-0.3, -0.25) is 4.79 Å². The Morgan fingerprint density at radius 2 is 1.33 bits per heavy atom. The minimum Gasteiger partial charge on any atom is -0.466 e. The second-order valence-corrected chi connectivity index (χ2v) is 7.45. The van der Waals surface area contributed by atoms with E-state index in [0.29, 0.717) is 32.8 Å². The lowest BCUT2D eigenvalue weighted by Crippen LogP contribution is -2.45. The molecule has 0 atom stereocenters. The van der Waals surface area contributed by atoms with Crippen molar-refractivity contribution in [2.24, 2.45) is 0 Å². The quantitative estimate of drug-likeness (QED) is 0.278. The molecule has 0 fully saturated rings. The molecule has 21 heavy (non-hydrogen) atoms. The maximum absolute atomic E-state index is 11.0. The molecular weight excluding hydrogens is 288 g/mol. The van der Waals surface area contributed by atoms with Gasteiger partial charge in [0.05, 0.1) is 6.61 Å². The van der Waals surface area contributed by atoms with Crippen molar-refractivity contribution in [3.8, 4) is 0 Å². The van der Waals surface area contributed by atoms with Crippen LogP contribution in [0.4, 0.5) is 0 Å². The van der Waals surface area contributed by atoms with Crippen molar-refractivity contribution in [2.45, 2.75) is 65.8 Å². The monoisotopic (exact) mass is 320 g/mol. The molecule has 126 valence electrons. The van der Waals surface area contributed by atoms with E-state index in [2.05, 4.69) is 0 Å². The highest BCUT2D eigenvalue weighted by Crippen LogP contribution is 2.20. The number of unbranched alkanes of at least 4 members (excludes halogenated alkanes) is 3. The fraction of sp³-hybridized carbons (Fsp3) is 0.933. The highest BCUT2D eigenvalue weighted by molar-refractivity contribution is 6.60. The number of hydrogen-bond donors (Lipinski definition) is 0. The number of carbonyl (C=O) groups excluding carboxylic acids is 1. The van der Waals surface area contributed by atoms with Crippen LogP contribution in [-0.2, 0) is 22.8 Å². The molecule has 0 bridgehead atoms. The number of esters is 1. The molecule has 0 aliphatic rings. The fourth-order valence-electron chi connectivity index (χ4n) is 2.09. The summed E-state index contributed by atoms with van der Waals surface area (Å²) in [6.07, 6.45) is 4.51. The number of hydrogen-bond acceptors (Lipinski definition) is 5. The summed E-state index contributed by atoms with van der Waals surface area (Å²) < 4.78 is 22.5. The van der Waals surface area contributed by atoms with Gasteiger partial charge in [0.15, 0.2) is 0 Å². The zero-order valence-electron chi connectivity index (χ0n) is 14.1. The Bertz CT molecular complexity index is 243. The molecule has 0 aliphatic carbocycles. The lowest BCUT2D eigenvalue weighted by molar-refractivity contribution is -0.143. The van der Waals surface area contributed by atoms with Crippen molar-refractivity contribution in [2.75, 3.05) is 26.4 Å². The van der Waals surface area contributed by atoms with Crippen LogP contribution in [0.25, 0.3) is 0 Å². The average molecular weight is 321 g/mol. The summed E-state index contributed by atoms with van der Waals surface area (Å²) in [6.45, 7) is 10.1. The Morgan fingerprint density at radius 1 is 0.810 bits per heavy atom. The molecule has 0 aromatic carbocycles. The summed E-state index contributed by atoms with van der Waals surface area (Å²) in [6, 6.07) is 0.858. The van der Waals surface area contributed by atoms with Gasteiger partial charge in [0.2, 0.25) is 0 Å². The first kappa shape index (κ1) is 20.6. The molecular formula is C15H32O5Si. The van der Waals surface area contributed by atoms with Crippen molar-refractivity contribution in [1.29, 1.82) is 0 Å². The Kier molecular flexibility index (Phi) is 13.0. The standard InChI is InChI=1S/C15H32O5Si/c1-5-15(16)17-13-11-9-10-12-14-21(18-6-2,19-7-3)20-8-4/h5-14H2,1-4H3. The van der Waals surface area contributed by atoms with Crippen molar-refractivity contribution < 1.29 is 22.8 Å². The molecule has 0 heterocycles. The summed E-state index contributed by atoms with van der Waals surface area (Å²) in [5, 5.41) is 0. The molecule has 0 saturated heterocycles. The van der Waals surface area contributed by atoms with Crippen LogP contribution in [0.15, 0.2) is 0 Å². The molecule has 0 saturated carbocycles. The number of rotatable bonds is 14.